The highest BCUT2D eigenvalue weighted by molar-refractivity contribution is 7.89. The molecule has 2 aromatic rings. The first-order chi connectivity index (χ1) is 8.91. The normalized spacial score (nSPS) is 11.8. The molecule has 0 bridgehead atoms. The molecule has 0 heterocycles. The number of aryl methyl sites for hydroxylation is 1. The van der Waals surface area contributed by atoms with Gasteiger partial charge in [0.25, 0.3) is 0 Å². The molecule has 0 unspecified atom stereocenters. The van der Waals surface area contributed by atoms with Crippen LogP contribution in [0.2, 0.25) is 0 Å². The van der Waals surface area contributed by atoms with Crippen LogP contribution in [0.25, 0.3) is 11.1 Å². The van der Waals surface area contributed by atoms with Crippen LogP contribution >= 0.6 is 0 Å². The zero-order valence-corrected chi connectivity index (χ0v) is 12.1. The third-order valence-electron chi connectivity index (χ3n) is 3.02. The highest BCUT2D eigenvalue weighted by Crippen LogP contribution is 2.22. The topological polar surface area (TPSA) is 37.4 Å². The fourth-order valence-electron chi connectivity index (χ4n) is 1.78. The molecule has 0 N–H and O–H groups in total. The van der Waals surface area contributed by atoms with Crippen LogP contribution in [-0.2, 0) is 10.0 Å². The highest BCUT2D eigenvalue weighted by atomic mass is 32.2. The Kier molecular flexibility index (Phi) is 3.73. The maximum absolute atomic E-state index is 12.0. The van der Waals surface area contributed by atoms with E-state index < -0.39 is 10.0 Å². The Bertz CT molecular complexity index is 656. The molecule has 0 aliphatic heterocycles. The summed E-state index contributed by atoms with van der Waals surface area (Å²) in [5, 5.41) is 0. The lowest BCUT2D eigenvalue weighted by Crippen LogP contribution is -2.22. The quantitative estimate of drug-likeness (QED) is 0.863. The molecule has 100 valence electrons. The van der Waals surface area contributed by atoms with E-state index in [0.29, 0.717) is 4.90 Å². The van der Waals surface area contributed by atoms with E-state index in [9.17, 15) is 8.42 Å². The minimum atomic E-state index is -3.35. The smallest absolute Gasteiger partial charge is 0.207 e. The van der Waals surface area contributed by atoms with Gasteiger partial charge in [-0.2, -0.15) is 0 Å². The molecular formula is C15H17NO2S. The van der Waals surface area contributed by atoms with Crippen molar-refractivity contribution in [3.63, 3.8) is 0 Å². The van der Waals surface area contributed by atoms with E-state index in [2.05, 4.69) is 0 Å². The molecule has 2 rings (SSSR count). The van der Waals surface area contributed by atoms with E-state index in [4.69, 9.17) is 0 Å². The summed E-state index contributed by atoms with van der Waals surface area (Å²) >= 11 is 0. The van der Waals surface area contributed by atoms with E-state index in [1.807, 2.05) is 43.3 Å². The third-order valence-corrected chi connectivity index (χ3v) is 4.85. The zero-order chi connectivity index (χ0) is 14.0. The summed E-state index contributed by atoms with van der Waals surface area (Å²) in [6.07, 6.45) is 0. The first-order valence-electron chi connectivity index (χ1n) is 6.01. The number of rotatable bonds is 3. The Morgan fingerprint density at radius 3 is 1.63 bits per heavy atom. The van der Waals surface area contributed by atoms with Crippen molar-refractivity contribution in [3.05, 3.63) is 54.1 Å². The van der Waals surface area contributed by atoms with Crippen molar-refractivity contribution >= 4 is 10.0 Å². The molecule has 0 saturated carbocycles. The van der Waals surface area contributed by atoms with Crippen molar-refractivity contribution in [2.75, 3.05) is 14.1 Å². The van der Waals surface area contributed by atoms with Gasteiger partial charge < -0.3 is 0 Å². The molecule has 0 aromatic heterocycles. The van der Waals surface area contributed by atoms with E-state index in [0.717, 1.165) is 11.1 Å². The number of hydrogen-bond acceptors (Lipinski definition) is 2. The van der Waals surface area contributed by atoms with Gasteiger partial charge in [-0.1, -0.05) is 42.0 Å². The number of benzene rings is 2. The van der Waals surface area contributed by atoms with E-state index in [1.54, 1.807) is 12.1 Å². The molecule has 0 atom stereocenters. The van der Waals surface area contributed by atoms with E-state index >= 15 is 0 Å². The van der Waals surface area contributed by atoms with Gasteiger partial charge >= 0.3 is 0 Å². The Morgan fingerprint density at radius 1 is 0.789 bits per heavy atom. The molecule has 2 aromatic carbocycles. The average molecular weight is 275 g/mol. The Labute approximate surface area is 114 Å². The largest absolute Gasteiger partial charge is 0.242 e. The van der Waals surface area contributed by atoms with Crippen molar-refractivity contribution in [2.24, 2.45) is 0 Å². The first-order valence-corrected chi connectivity index (χ1v) is 7.45. The molecule has 3 nitrogen and oxygen atoms in total. The SMILES string of the molecule is Cc1ccc(-c2ccc(S(=O)(=O)N(C)C)cc2)cc1. The van der Waals surface area contributed by atoms with Gasteiger partial charge in [0.15, 0.2) is 0 Å². The van der Waals surface area contributed by atoms with Gasteiger partial charge in [-0.3, -0.25) is 0 Å². The lowest BCUT2D eigenvalue weighted by molar-refractivity contribution is 0.521. The van der Waals surface area contributed by atoms with Crippen molar-refractivity contribution in [2.45, 2.75) is 11.8 Å². The fourth-order valence-corrected chi connectivity index (χ4v) is 2.68. The molecule has 0 amide bonds. The van der Waals surface area contributed by atoms with Crippen molar-refractivity contribution in [1.29, 1.82) is 0 Å². The Morgan fingerprint density at radius 2 is 1.21 bits per heavy atom. The van der Waals surface area contributed by atoms with Gasteiger partial charge in [-0.15, -0.1) is 0 Å². The molecule has 0 radical (unpaired) electrons. The standard InChI is InChI=1S/C15H17NO2S/c1-12-4-6-13(7-5-12)14-8-10-15(11-9-14)19(17,18)16(2)3/h4-11H,1-3H3. The minimum Gasteiger partial charge on any atom is -0.207 e. The monoisotopic (exact) mass is 275 g/mol. The number of nitrogens with zero attached hydrogens (tertiary/aromatic N) is 1. The molecule has 0 spiro atoms. The maximum atomic E-state index is 12.0. The first kappa shape index (κ1) is 13.8. The van der Waals surface area contributed by atoms with Gasteiger partial charge in [-0.25, -0.2) is 12.7 Å². The number of hydrogen-bond donors (Lipinski definition) is 0. The highest BCUT2D eigenvalue weighted by Gasteiger charge is 2.16. The van der Waals surface area contributed by atoms with Crippen LogP contribution in [0.15, 0.2) is 53.4 Å². The second-order valence-electron chi connectivity index (χ2n) is 4.68. The molecule has 4 heteroatoms. The van der Waals surface area contributed by atoms with E-state index in [-0.39, 0.29) is 0 Å². The molecule has 0 saturated heterocycles. The molecule has 0 aliphatic carbocycles. The molecule has 0 fully saturated rings. The predicted molar refractivity (Wildman–Crippen MR) is 77.5 cm³/mol. The summed E-state index contributed by atoms with van der Waals surface area (Å²) in [6.45, 7) is 2.04. The summed E-state index contributed by atoms with van der Waals surface area (Å²) in [7, 11) is -0.287. The Balaban J connectivity index is 2.36. The van der Waals surface area contributed by atoms with Crippen LogP contribution in [0.4, 0.5) is 0 Å². The van der Waals surface area contributed by atoms with Crippen molar-refractivity contribution in [1.82, 2.24) is 4.31 Å². The van der Waals surface area contributed by atoms with Crippen LogP contribution in [0.3, 0.4) is 0 Å². The second-order valence-corrected chi connectivity index (χ2v) is 6.83. The lowest BCUT2D eigenvalue weighted by atomic mass is 10.0. The minimum absolute atomic E-state index is 0.313. The van der Waals surface area contributed by atoms with Crippen LogP contribution in [0.5, 0.6) is 0 Å². The second kappa shape index (κ2) is 5.15. The van der Waals surface area contributed by atoms with Crippen LogP contribution in [0.1, 0.15) is 5.56 Å². The summed E-state index contributed by atoms with van der Waals surface area (Å²) in [4.78, 5) is 0.313. The van der Waals surface area contributed by atoms with Gasteiger partial charge in [0.2, 0.25) is 10.0 Å². The van der Waals surface area contributed by atoms with Crippen molar-refractivity contribution in [3.8, 4) is 11.1 Å². The molecular weight excluding hydrogens is 258 g/mol. The number of sulfonamides is 1. The van der Waals surface area contributed by atoms with Crippen LogP contribution in [0, 0.1) is 6.92 Å². The summed E-state index contributed by atoms with van der Waals surface area (Å²) in [6, 6.07) is 15.1. The maximum Gasteiger partial charge on any atom is 0.242 e. The van der Waals surface area contributed by atoms with Gasteiger partial charge in [0.1, 0.15) is 0 Å². The molecule has 19 heavy (non-hydrogen) atoms. The summed E-state index contributed by atoms with van der Waals surface area (Å²) in [5.41, 5.74) is 3.30. The lowest BCUT2D eigenvalue weighted by Gasteiger charge is -2.11. The van der Waals surface area contributed by atoms with Crippen LogP contribution < -0.4 is 0 Å². The summed E-state index contributed by atoms with van der Waals surface area (Å²) in [5.74, 6) is 0. The summed E-state index contributed by atoms with van der Waals surface area (Å²) < 4.78 is 25.1. The predicted octanol–water partition coefficient (Wildman–Crippen LogP) is 2.91. The van der Waals surface area contributed by atoms with Crippen molar-refractivity contribution < 1.29 is 8.42 Å². The van der Waals surface area contributed by atoms with Gasteiger partial charge in [0.05, 0.1) is 4.90 Å². The third kappa shape index (κ3) is 2.85. The average Bonchev–Trinajstić information content (AvgIpc) is 2.39. The fraction of sp³-hybridized carbons (Fsp3) is 0.200. The zero-order valence-electron chi connectivity index (χ0n) is 11.3. The Hall–Kier alpha value is -1.65. The van der Waals surface area contributed by atoms with E-state index in [1.165, 1.54) is 24.0 Å². The molecule has 0 aliphatic rings. The van der Waals surface area contributed by atoms with Crippen LogP contribution in [-0.4, -0.2) is 26.8 Å². The van der Waals surface area contributed by atoms with Gasteiger partial charge in [0, 0.05) is 14.1 Å². The van der Waals surface area contributed by atoms with Gasteiger partial charge in [-0.05, 0) is 30.2 Å².